The number of rotatable bonds is 3. The number of hydrogen-bond donors (Lipinski definition) is 1. The van der Waals surface area contributed by atoms with Gasteiger partial charge in [0.2, 0.25) is 0 Å². The van der Waals surface area contributed by atoms with Gasteiger partial charge in [0, 0.05) is 52.3 Å². The molecule has 0 bridgehead atoms. The fraction of sp³-hybridized carbons (Fsp3) is 0.800. The van der Waals surface area contributed by atoms with Gasteiger partial charge in [0.25, 0.3) is 0 Å². The third kappa shape index (κ3) is 5.45. The first kappa shape index (κ1) is 14.6. The molecule has 14 heavy (non-hydrogen) atoms. The van der Waals surface area contributed by atoms with Gasteiger partial charge in [-0.25, -0.2) is 0 Å². The molecule has 0 aliphatic carbocycles. The maximum atomic E-state index is 10.6. The number of piperidine rings is 1. The van der Waals surface area contributed by atoms with Crippen molar-refractivity contribution < 1.29 is 42.6 Å². The van der Waals surface area contributed by atoms with Crippen LogP contribution >= 0.6 is 0 Å². The molecule has 3 nitrogen and oxygen atoms in total. The molecule has 1 radical (unpaired) electrons. The van der Waals surface area contributed by atoms with Crippen molar-refractivity contribution in [1.29, 1.82) is 0 Å². The van der Waals surface area contributed by atoms with E-state index in [1.165, 1.54) is 0 Å². The van der Waals surface area contributed by atoms with Crippen molar-refractivity contribution in [3.63, 3.8) is 0 Å². The van der Waals surface area contributed by atoms with E-state index in [9.17, 15) is 9.90 Å². The zero-order chi connectivity index (χ0) is 9.90. The molecule has 0 atom stereocenters. The van der Waals surface area contributed by atoms with Crippen LogP contribution in [0.15, 0.2) is 0 Å². The molecule has 1 rings (SSSR count). The predicted octanol–water partition coefficient (Wildman–Crippen LogP) is 0.624. The average Bonchev–Trinajstić information content (AvgIpc) is 2.02. The predicted molar refractivity (Wildman–Crippen MR) is 51.3 cm³/mol. The van der Waals surface area contributed by atoms with Crippen LogP contribution in [0.25, 0.3) is 0 Å². The van der Waals surface area contributed by atoms with Gasteiger partial charge in [-0.3, -0.25) is 0 Å². The summed E-state index contributed by atoms with van der Waals surface area (Å²) in [7, 11) is 0. The molecule has 0 spiro atoms. The Morgan fingerprint density at radius 2 is 2.00 bits per heavy atom. The van der Waals surface area contributed by atoms with Gasteiger partial charge in [-0.05, 0) is 32.0 Å². The quantitative estimate of drug-likeness (QED) is 0.766. The summed E-state index contributed by atoms with van der Waals surface area (Å²) < 4.78 is 0. The minimum Gasteiger partial charge on any atom is -0.390 e. The number of nitrogens with zero attached hydrogens (tertiary/aromatic N) is 1. The molecule has 79 valence electrons. The van der Waals surface area contributed by atoms with Crippen LogP contribution in [0, 0.1) is 6.92 Å². The second-order valence-electron chi connectivity index (χ2n) is 4.13. The van der Waals surface area contributed by atoms with E-state index in [0.29, 0.717) is 6.42 Å². The molecule has 0 aromatic heterocycles. The van der Waals surface area contributed by atoms with E-state index >= 15 is 0 Å². The number of Topliss-reactive ketones (excluding diaryl/α,β-unsaturated/α-hetero) is 1. The van der Waals surface area contributed by atoms with Crippen LogP contribution in [0.2, 0.25) is 0 Å². The summed E-state index contributed by atoms with van der Waals surface area (Å²) in [6.45, 7) is 7.78. The van der Waals surface area contributed by atoms with Gasteiger partial charge in [0.05, 0.1) is 5.60 Å². The normalized spacial score (nSPS) is 21.3. The van der Waals surface area contributed by atoms with Gasteiger partial charge in [-0.2, -0.15) is 0 Å². The molecule has 1 aliphatic heterocycles. The van der Waals surface area contributed by atoms with E-state index < -0.39 is 5.60 Å². The Morgan fingerprint density at radius 3 is 2.43 bits per heavy atom. The molecule has 1 N–H and O–H groups in total. The third-order valence-corrected chi connectivity index (χ3v) is 2.64. The molecule has 1 fully saturated rings. The van der Waals surface area contributed by atoms with E-state index in [1.54, 1.807) is 0 Å². The molecule has 1 heterocycles. The first-order chi connectivity index (χ1) is 5.99. The molecule has 4 heteroatoms. The zero-order valence-electron chi connectivity index (χ0n) is 8.83. The number of likely N-dealkylation sites (tertiary alicyclic amines) is 1. The Bertz CT molecular complexity index is 185. The minimum atomic E-state index is -0.495. The van der Waals surface area contributed by atoms with Gasteiger partial charge in [-0.15, -0.1) is 0 Å². The molecule has 1 aliphatic rings. The monoisotopic (exact) mass is 273 g/mol. The van der Waals surface area contributed by atoms with Crippen LogP contribution in [0.3, 0.4) is 0 Å². The molecule has 0 amide bonds. The number of carbonyl (C=O) groups excluding carboxylic acids is 1. The van der Waals surface area contributed by atoms with E-state index in [4.69, 9.17) is 0 Å². The Balaban J connectivity index is 0.00000169. The van der Waals surface area contributed by atoms with Crippen molar-refractivity contribution in [2.45, 2.75) is 31.8 Å². The second-order valence-corrected chi connectivity index (χ2v) is 4.13. The van der Waals surface area contributed by atoms with Crippen LogP contribution in [0.5, 0.6) is 0 Å². The molecule has 0 saturated carbocycles. The first-order valence-corrected chi connectivity index (χ1v) is 4.79. The van der Waals surface area contributed by atoms with E-state index in [1.807, 2.05) is 6.92 Å². The molecular formula is C10H18NO2Y-. The molecular weight excluding hydrogens is 255 g/mol. The van der Waals surface area contributed by atoms with Gasteiger partial charge >= 0.3 is 0 Å². The molecule has 0 aromatic rings. The maximum Gasteiger partial charge on any atom is 0.0644 e. The van der Waals surface area contributed by atoms with E-state index in [-0.39, 0.29) is 38.5 Å². The number of aliphatic hydroxyl groups is 1. The van der Waals surface area contributed by atoms with Crippen LogP contribution in [-0.2, 0) is 37.5 Å². The smallest absolute Gasteiger partial charge is 0.0644 e. The van der Waals surface area contributed by atoms with Crippen LogP contribution < -0.4 is 0 Å². The minimum absolute atomic E-state index is 0. The van der Waals surface area contributed by atoms with Crippen LogP contribution in [0.4, 0.5) is 0 Å². The van der Waals surface area contributed by atoms with Crippen molar-refractivity contribution in [3.05, 3.63) is 6.92 Å². The second kappa shape index (κ2) is 6.21. The Kier molecular flexibility index (Phi) is 6.46. The van der Waals surface area contributed by atoms with Gasteiger partial charge in [0.1, 0.15) is 0 Å². The largest absolute Gasteiger partial charge is 0.390 e. The fourth-order valence-corrected chi connectivity index (χ4v) is 1.54. The summed E-state index contributed by atoms with van der Waals surface area (Å²) in [6.07, 6.45) is 2.14. The van der Waals surface area contributed by atoms with Crippen molar-refractivity contribution in [2.75, 3.05) is 19.6 Å². The summed E-state index contributed by atoms with van der Waals surface area (Å²) in [6, 6.07) is 0. The summed E-state index contributed by atoms with van der Waals surface area (Å²) in [4.78, 5) is 12.8. The van der Waals surface area contributed by atoms with Gasteiger partial charge in [0.15, 0.2) is 0 Å². The number of hydrogen-bond acceptors (Lipinski definition) is 3. The summed E-state index contributed by atoms with van der Waals surface area (Å²) in [5, 5.41) is 9.66. The summed E-state index contributed by atoms with van der Waals surface area (Å²) in [5.41, 5.74) is -0.495. The van der Waals surface area contributed by atoms with Crippen LogP contribution in [-0.4, -0.2) is 41.0 Å². The zero-order valence-corrected chi connectivity index (χ0v) is 11.7. The van der Waals surface area contributed by atoms with E-state index in [2.05, 4.69) is 11.8 Å². The Labute approximate surface area is 111 Å². The Hall–Kier alpha value is 0.564. The maximum absolute atomic E-state index is 10.6. The number of ketones is 1. The van der Waals surface area contributed by atoms with Gasteiger partial charge in [-0.1, -0.05) is 0 Å². The topological polar surface area (TPSA) is 40.5 Å². The van der Waals surface area contributed by atoms with Crippen molar-refractivity contribution >= 4 is 5.78 Å². The standard InChI is InChI=1S/C10H18NO2.Y/c1-9(12)3-6-11-7-4-10(2,13)5-8-11;/h13H,1,3-8H2,2H3;/q-1;. The number of carbonyl (C=O) groups is 1. The summed E-state index contributed by atoms with van der Waals surface area (Å²) >= 11 is 0. The van der Waals surface area contributed by atoms with Crippen molar-refractivity contribution in [1.82, 2.24) is 4.90 Å². The third-order valence-electron chi connectivity index (χ3n) is 2.64. The molecule has 0 unspecified atom stereocenters. The van der Waals surface area contributed by atoms with Crippen LogP contribution in [0.1, 0.15) is 26.2 Å². The average molecular weight is 273 g/mol. The summed E-state index contributed by atoms with van der Waals surface area (Å²) in [5.74, 6) is -0.00247. The van der Waals surface area contributed by atoms with Gasteiger partial charge < -0.3 is 21.7 Å². The fourth-order valence-electron chi connectivity index (χ4n) is 1.54. The first-order valence-electron chi connectivity index (χ1n) is 4.79. The van der Waals surface area contributed by atoms with Crippen molar-refractivity contribution in [3.8, 4) is 0 Å². The van der Waals surface area contributed by atoms with Crippen molar-refractivity contribution in [2.24, 2.45) is 0 Å². The molecule has 0 aromatic carbocycles. The Morgan fingerprint density at radius 1 is 1.50 bits per heavy atom. The van der Waals surface area contributed by atoms with E-state index in [0.717, 1.165) is 32.5 Å². The molecule has 1 saturated heterocycles. The SMILES string of the molecule is [CH2-]C(=O)CCN1CCC(C)(O)CC1.[Y].